The van der Waals surface area contributed by atoms with E-state index < -0.39 is 0 Å². The van der Waals surface area contributed by atoms with E-state index in [2.05, 4.69) is 33.0 Å². The molecule has 17 heavy (non-hydrogen) atoms. The van der Waals surface area contributed by atoms with E-state index in [-0.39, 0.29) is 6.04 Å². The van der Waals surface area contributed by atoms with Crippen molar-refractivity contribution in [1.29, 1.82) is 0 Å². The van der Waals surface area contributed by atoms with E-state index in [1.165, 1.54) is 17.2 Å². The molecular formula is C11H17N5S. The van der Waals surface area contributed by atoms with Gasteiger partial charge in [0.15, 0.2) is 0 Å². The van der Waals surface area contributed by atoms with Crippen molar-refractivity contribution >= 4 is 11.5 Å². The zero-order valence-corrected chi connectivity index (χ0v) is 10.9. The molecule has 0 fully saturated rings. The SMILES string of the molecule is CCNC(CCc1ccnn1C)c1csnn1. The lowest BCUT2D eigenvalue weighted by molar-refractivity contribution is 0.494. The number of hydrogen-bond acceptors (Lipinski definition) is 5. The first kappa shape index (κ1) is 12.2. The van der Waals surface area contributed by atoms with Gasteiger partial charge < -0.3 is 5.32 Å². The molecule has 2 aromatic heterocycles. The summed E-state index contributed by atoms with van der Waals surface area (Å²) < 4.78 is 5.84. The van der Waals surface area contributed by atoms with Gasteiger partial charge in [0.1, 0.15) is 0 Å². The normalized spacial score (nSPS) is 12.8. The molecule has 0 saturated heterocycles. The van der Waals surface area contributed by atoms with E-state index in [1.54, 1.807) is 0 Å². The van der Waals surface area contributed by atoms with Crippen molar-refractivity contribution in [2.24, 2.45) is 7.05 Å². The topological polar surface area (TPSA) is 55.6 Å². The molecule has 1 N–H and O–H groups in total. The maximum absolute atomic E-state index is 4.17. The van der Waals surface area contributed by atoms with Gasteiger partial charge in [-0.2, -0.15) is 5.10 Å². The first-order valence-corrected chi connectivity index (χ1v) is 6.62. The van der Waals surface area contributed by atoms with Gasteiger partial charge in [-0.3, -0.25) is 4.68 Å². The van der Waals surface area contributed by atoms with Crippen molar-refractivity contribution < 1.29 is 0 Å². The maximum atomic E-state index is 4.17. The second-order valence-electron chi connectivity index (χ2n) is 3.92. The van der Waals surface area contributed by atoms with Gasteiger partial charge in [-0.25, -0.2) is 0 Å². The van der Waals surface area contributed by atoms with Gasteiger partial charge in [-0.1, -0.05) is 11.4 Å². The minimum atomic E-state index is 0.286. The molecular weight excluding hydrogens is 234 g/mol. The maximum Gasteiger partial charge on any atom is 0.0924 e. The van der Waals surface area contributed by atoms with Gasteiger partial charge >= 0.3 is 0 Å². The molecule has 0 spiro atoms. The second-order valence-corrected chi connectivity index (χ2v) is 4.53. The molecule has 1 unspecified atom stereocenters. The highest BCUT2D eigenvalue weighted by molar-refractivity contribution is 7.03. The van der Waals surface area contributed by atoms with E-state index in [4.69, 9.17) is 0 Å². The predicted molar refractivity (Wildman–Crippen MR) is 67.9 cm³/mol. The first-order chi connectivity index (χ1) is 8.31. The van der Waals surface area contributed by atoms with Gasteiger partial charge in [0.05, 0.1) is 11.7 Å². The molecule has 92 valence electrons. The van der Waals surface area contributed by atoms with E-state index >= 15 is 0 Å². The van der Waals surface area contributed by atoms with Gasteiger partial charge in [0.2, 0.25) is 0 Å². The van der Waals surface area contributed by atoms with Crippen LogP contribution in [0.3, 0.4) is 0 Å². The lowest BCUT2D eigenvalue weighted by atomic mass is 10.1. The van der Waals surface area contributed by atoms with E-state index in [1.807, 2.05) is 23.3 Å². The lowest BCUT2D eigenvalue weighted by Gasteiger charge is -2.14. The molecule has 0 aliphatic carbocycles. The first-order valence-electron chi connectivity index (χ1n) is 5.78. The largest absolute Gasteiger partial charge is 0.309 e. The summed E-state index contributed by atoms with van der Waals surface area (Å²) in [5.74, 6) is 0. The fraction of sp³-hybridized carbons (Fsp3) is 0.545. The van der Waals surface area contributed by atoms with Crippen molar-refractivity contribution in [3.63, 3.8) is 0 Å². The number of nitrogens with one attached hydrogen (secondary N) is 1. The summed E-state index contributed by atoms with van der Waals surface area (Å²) in [5.41, 5.74) is 2.29. The number of hydrogen-bond donors (Lipinski definition) is 1. The second kappa shape index (κ2) is 5.88. The zero-order chi connectivity index (χ0) is 12.1. The molecule has 0 saturated carbocycles. The molecule has 2 aromatic rings. The van der Waals surface area contributed by atoms with Crippen LogP contribution in [0.4, 0.5) is 0 Å². The van der Waals surface area contributed by atoms with Crippen LogP contribution >= 0.6 is 11.5 Å². The van der Waals surface area contributed by atoms with Crippen molar-refractivity contribution in [3.8, 4) is 0 Å². The third-order valence-electron chi connectivity index (χ3n) is 2.80. The number of rotatable bonds is 6. The molecule has 5 nitrogen and oxygen atoms in total. The Kier molecular flexibility index (Phi) is 4.22. The van der Waals surface area contributed by atoms with Crippen LogP contribution in [0, 0.1) is 0 Å². The Balaban J connectivity index is 1.97. The Hall–Kier alpha value is -1.27. The van der Waals surface area contributed by atoms with Crippen LogP contribution in [-0.4, -0.2) is 25.9 Å². The third kappa shape index (κ3) is 3.10. The van der Waals surface area contributed by atoms with Gasteiger partial charge in [-0.05, 0) is 37.0 Å². The van der Waals surface area contributed by atoms with Gasteiger partial charge in [0, 0.05) is 24.3 Å². The Morgan fingerprint density at radius 1 is 1.53 bits per heavy atom. The van der Waals surface area contributed by atoms with Crippen LogP contribution in [0.15, 0.2) is 17.6 Å². The highest BCUT2D eigenvalue weighted by Crippen LogP contribution is 2.17. The number of nitrogens with zero attached hydrogens (tertiary/aromatic N) is 4. The summed E-state index contributed by atoms with van der Waals surface area (Å²) >= 11 is 1.40. The molecule has 0 radical (unpaired) electrons. The van der Waals surface area contributed by atoms with E-state index in [9.17, 15) is 0 Å². The molecule has 0 bridgehead atoms. The van der Waals surface area contributed by atoms with Gasteiger partial charge in [0.25, 0.3) is 0 Å². The minimum Gasteiger partial charge on any atom is -0.309 e. The average molecular weight is 251 g/mol. The fourth-order valence-electron chi connectivity index (χ4n) is 1.86. The van der Waals surface area contributed by atoms with Crippen molar-refractivity contribution in [3.05, 3.63) is 29.0 Å². The molecule has 6 heteroatoms. The highest BCUT2D eigenvalue weighted by atomic mass is 32.1. The smallest absolute Gasteiger partial charge is 0.0924 e. The number of aromatic nitrogens is 4. The quantitative estimate of drug-likeness (QED) is 0.846. The van der Waals surface area contributed by atoms with Crippen LogP contribution in [0.25, 0.3) is 0 Å². The van der Waals surface area contributed by atoms with E-state index in [0.717, 1.165) is 25.1 Å². The molecule has 0 amide bonds. The van der Waals surface area contributed by atoms with Crippen LogP contribution < -0.4 is 5.32 Å². The molecule has 2 rings (SSSR count). The molecule has 0 aliphatic heterocycles. The van der Waals surface area contributed by atoms with Crippen molar-refractivity contribution in [2.75, 3.05) is 6.54 Å². The van der Waals surface area contributed by atoms with Crippen molar-refractivity contribution in [1.82, 2.24) is 24.7 Å². The molecule has 0 aliphatic rings. The molecule has 2 heterocycles. The minimum absolute atomic E-state index is 0.286. The Bertz CT molecular complexity index is 436. The van der Waals surface area contributed by atoms with Gasteiger partial charge in [-0.15, -0.1) is 5.10 Å². The third-order valence-corrected chi connectivity index (χ3v) is 3.32. The Labute approximate surface area is 105 Å². The summed E-state index contributed by atoms with van der Waals surface area (Å²) in [6.45, 7) is 3.05. The summed E-state index contributed by atoms with van der Waals surface area (Å²) in [7, 11) is 1.97. The van der Waals surface area contributed by atoms with Crippen LogP contribution in [0.5, 0.6) is 0 Å². The summed E-state index contributed by atoms with van der Waals surface area (Å²) in [6.07, 6.45) is 3.84. The highest BCUT2D eigenvalue weighted by Gasteiger charge is 2.13. The fourth-order valence-corrected chi connectivity index (χ4v) is 2.37. The standard InChI is InChI=1S/C11H17N5S/c1-3-12-10(11-8-17-15-14-11)5-4-9-6-7-13-16(9)2/h6-8,10,12H,3-5H2,1-2H3. The zero-order valence-electron chi connectivity index (χ0n) is 10.1. The average Bonchev–Trinajstić information content (AvgIpc) is 2.96. The summed E-state index contributed by atoms with van der Waals surface area (Å²) in [4.78, 5) is 0. The van der Waals surface area contributed by atoms with Crippen molar-refractivity contribution in [2.45, 2.75) is 25.8 Å². The molecule has 1 atom stereocenters. The summed E-state index contributed by atoms with van der Waals surface area (Å²) in [6, 6.07) is 2.34. The Morgan fingerprint density at radius 2 is 2.41 bits per heavy atom. The van der Waals surface area contributed by atoms with E-state index in [0.29, 0.717) is 0 Å². The number of aryl methyl sites for hydroxylation is 2. The Morgan fingerprint density at radius 3 is 3.00 bits per heavy atom. The predicted octanol–water partition coefficient (Wildman–Crippen LogP) is 1.55. The monoisotopic (exact) mass is 251 g/mol. The summed E-state index contributed by atoms with van der Waals surface area (Å²) in [5, 5.41) is 13.8. The van der Waals surface area contributed by atoms with Crippen LogP contribution in [0.2, 0.25) is 0 Å². The lowest BCUT2D eigenvalue weighted by Crippen LogP contribution is -2.22. The van der Waals surface area contributed by atoms with Crippen LogP contribution in [0.1, 0.15) is 30.8 Å². The van der Waals surface area contributed by atoms with Crippen LogP contribution in [-0.2, 0) is 13.5 Å². The molecule has 0 aromatic carbocycles.